The van der Waals surface area contributed by atoms with Gasteiger partial charge in [0.05, 0.1) is 28.2 Å². The number of nitrogens with zero attached hydrogens (tertiary/aromatic N) is 1. The summed E-state index contributed by atoms with van der Waals surface area (Å²) in [5.74, 6) is -0.604. The van der Waals surface area contributed by atoms with E-state index in [0.29, 0.717) is 16.7 Å². The van der Waals surface area contributed by atoms with E-state index < -0.39 is 20.9 Å². The number of hydrogen-bond acceptors (Lipinski definition) is 6. The second-order valence-corrected chi connectivity index (χ2v) is 7.42. The number of esters is 1. The lowest BCUT2D eigenvalue weighted by Gasteiger charge is -2.14. The third-order valence-electron chi connectivity index (χ3n) is 4.01. The van der Waals surface area contributed by atoms with Crippen molar-refractivity contribution >= 4 is 27.4 Å². The maximum absolute atomic E-state index is 12.8. The summed E-state index contributed by atoms with van der Waals surface area (Å²) in [5.41, 5.74) is 1.54. The number of non-ortho nitro benzene ring substituents is 1. The molecular weight excluding hydrogens is 360 g/mol. The van der Waals surface area contributed by atoms with Crippen LogP contribution in [0.2, 0.25) is 0 Å². The normalized spacial score (nSPS) is 11.1. The van der Waals surface area contributed by atoms with Crippen LogP contribution in [0, 0.1) is 30.9 Å². The molecule has 0 aliphatic carbocycles. The van der Waals surface area contributed by atoms with Gasteiger partial charge in [0, 0.05) is 12.1 Å². The molecule has 0 saturated carbocycles. The Labute approximate surface area is 151 Å². The average Bonchev–Trinajstić information content (AvgIpc) is 2.57. The number of carbonyl (C=O) groups excluding carboxylic acids is 1. The molecule has 2 aromatic rings. The molecule has 0 aliphatic heterocycles. The molecule has 138 valence electrons. The molecule has 9 heteroatoms. The van der Waals surface area contributed by atoms with Gasteiger partial charge in [-0.05, 0) is 49.6 Å². The largest absolute Gasteiger partial charge is 0.465 e. The highest BCUT2D eigenvalue weighted by Crippen LogP contribution is 2.28. The third kappa shape index (κ3) is 3.83. The van der Waals surface area contributed by atoms with E-state index in [1.165, 1.54) is 25.3 Å². The van der Waals surface area contributed by atoms with Crippen molar-refractivity contribution in [2.24, 2.45) is 0 Å². The molecule has 1 N–H and O–H groups in total. The van der Waals surface area contributed by atoms with Gasteiger partial charge in [0.2, 0.25) is 0 Å². The fourth-order valence-corrected chi connectivity index (χ4v) is 3.83. The Bertz CT molecular complexity index is 999. The topological polar surface area (TPSA) is 116 Å². The van der Waals surface area contributed by atoms with Gasteiger partial charge in [-0.2, -0.15) is 0 Å². The minimum Gasteiger partial charge on any atom is -0.465 e. The van der Waals surface area contributed by atoms with Crippen molar-refractivity contribution in [2.45, 2.75) is 25.7 Å². The number of ether oxygens (including phenoxy) is 1. The van der Waals surface area contributed by atoms with E-state index in [-0.39, 0.29) is 21.8 Å². The molecule has 0 heterocycles. The fraction of sp³-hybridized carbons (Fsp3) is 0.235. The van der Waals surface area contributed by atoms with Crippen molar-refractivity contribution in [1.29, 1.82) is 0 Å². The maximum Gasteiger partial charge on any atom is 0.337 e. The monoisotopic (exact) mass is 378 g/mol. The number of sulfonamides is 1. The van der Waals surface area contributed by atoms with Crippen LogP contribution in [0.3, 0.4) is 0 Å². The summed E-state index contributed by atoms with van der Waals surface area (Å²) in [6.07, 6.45) is 0. The van der Waals surface area contributed by atoms with E-state index in [1.807, 2.05) is 0 Å². The molecule has 0 radical (unpaired) electrons. The predicted octanol–water partition coefficient (Wildman–Crippen LogP) is 3.11. The number of nitrogens with one attached hydrogen (secondary N) is 1. The Kier molecular flexibility index (Phi) is 5.31. The molecule has 0 atom stereocenters. The van der Waals surface area contributed by atoms with E-state index in [9.17, 15) is 23.3 Å². The lowest BCUT2D eigenvalue weighted by molar-refractivity contribution is -0.385. The summed E-state index contributed by atoms with van der Waals surface area (Å²) in [5, 5.41) is 11.0. The Morgan fingerprint density at radius 1 is 1.12 bits per heavy atom. The molecule has 0 fully saturated rings. The number of aryl methyl sites for hydroxylation is 2. The Morgan fingerprint density at radius 3 is 2.35 bits per heavy atom. The fourth-order valence-electron chi connectivity index (χ4n) is 2.37. The van der Waals surface area contributed by atoms with Crippen LogP contribution in [-0.4, -0.2) is 26.4 Å². The van der Waals surface area contributed by atoms with Crippen molar-refractivity contribution in [2.75, 3.05) is 11.8 Å². The molecule has 0 amide bonds. The van der Waals surface area contributed by atoms with Gasteiger partial charge >= 0.3 is 5.97 Å². The smallest absolute Gasteiger partial charge is 0.337 e. The third-order valence-corrected chi connectivity index (χ3v) is 5.50. The van der Waals surface area contributed by atoms with E-state index in [2.05, 4.69) is 9.46 Å². The molecule has 26 heavy (non-hydrogen) atoms. The van der Waals surface area contributed by atoms with Gasteiger partial charge in [-0.3, -0.25) is 14.8 Å². The highest BCUT2D eigenvalue weighted by Gasteiger charge is 2.23. The van der Waals surface area contributed by atoms with E-state index in [0.717, 1.165) is 6.07 Å². The van der Waals surface area contributed by atoms with Crippen molar-refractivity contribution in [3.05, 3.63) is 62.7 Å². The Hall–Kier alpha value is -2.94. The number of methoxy groups -OCH3 is 1. The summed E-state index contributed by atoms with van der Waals surface area (Å²) in [6, 6.07) is 6.79. The first kappa shape index (κ1) is 19.4. The molecule has 0 aliphatic rings. The first-order chi connectivity index (χ1) is 12.1. The van der Waals surface area contributed by atoms with Gasteiger partial charge in [-0.1, -0.05) is 6.07 Å². The van der Waals surface area contributed by atoms with Crippen LogP contribution in [0.4, 0.5) is 11.4 Å². The highest BCUT2D eigenvalue weighted by atomic mass is 32.2. The highest BCUT2D eigenvalue weighted by molar-refractivity contribution is 7.92. The lowest BCUT2D eigenvalue weighted by atomic mass is 10.1. The Morgan fingerprint density at radius 2 is 1.77 bits per heavy atom. The van der Waals surface area contributed by atoms with Crippen LogP contribution in [0.5, 0.6) is 0 Å². The number of rotatable bonds is 5. The van der Waals surface area contributed by atoms with Crippen molar-refractivity contribution in [3.8, 4) is 0 Å². The van der Waals surface area contributed by atoms with Gasteiger partial charge < -0.3 is 4.74 Å². The van der Waals surface area contributed by atoms with Crippen molar-refractivity contribution in [1.82, 2.24) is 0 Å². The molecule has 8 nitrogen and oxygen atoms in total. The lowest BCUT2D eigenvalue weighted by Crippen LogP contribution is -2.16. The quantitative estimate of drug-likeness (QED) is 0.485. The molecule has 0 aromatic heterocycles. The second-order valence-electron chi connectivity index (χ2n) is 5.77. The van der Waals surface area contributed by atoms with Crippen LogP contribution in [0.15, 0.2) is 35.2 Å². The molecule has 2 aromatic carbocycles. The van der Waals surface area contributed by atoms with E-state index in [4.69, 9.17) is 0 Å². The molecule has 0 spiro atoms. The zero-order valence-corrected chi connectivity index (χ0v) is 15.5. The zero-order chi connectivity index (χ0) is 19.6. The van der Waals surface area contributed by atoms with Crippen LogP contribution in [-0.2, 0) is 14.8 Å². The van der Waals surface area contributed by atoms with Gasteiger partial charge in [0.15, 0.2) is 0 Å². The van der Waals surface area contributed by atoms with Gasteiger partial charge in [-0.25, -0.2) is 13.2 Å². The average molecular weight is 378 g/mol. The summed E-state index contributed by atoms with van der Waals surface area (Å²) in [4.78, 5) is 21.9. The standard InChI is InChI=1S/C17H18N2O6S/c1-10-5-6-13(17(20)25-4)8-15(10)18-26(23,24)16-9-14(19(21)22)7-11(2)12(16)3/h5-9,18H,1-4H3. The summed E-state index contributed by atoms with van der Waals surface area (Å²) < 4.78 is 32.6. The van der Waals surface area contributed by atoms with E-state index >= 15 is 0 Å². The number of hydrogen-bond donors (Lipinski definition) is 1. The van der Waals surface area contributed by atoms with Crippen LogP contribution in [0.25, 0.3) is 0 Å². The first-order valence-corrected chi connectivity index (χ1v) is 9.02. The van der Waals surface area contributed by atoms with Gasteiger partial charge in [-0.15, -0.1) is 0 Å². The number of anilines is 1. The van der Waals surface area contributed by atoms with Crippen LogP contribution in [0.1, 0.15) is 27.0 Å². The minimum absolute atomic E-state index is 0.183. The number of nitro groups is 1. The first-order valence-electron chi connectivity index (χ1n) is 7.54. The van der Waals surface area contributed by atoms with Crippen molar-refractivity contribution in [3.63, 3.8) is 0 Å². The van der Waals surface area contributed by atoms with Crippen LogP contribution < -0.4 is 4.72 Å². The Balaban J connectivity index is 2.54. The van der Waals surface area contributed by atoms with Crippen molar-refractivity contribution < 1.29 is 22.9 Å². The predicted molar refractivity (Wildman–Crippen MR) is 95.9 cm³/mol. The molecule has 0 unspecified atom stereocenters. The number of nitro benzene ring substituents is 1. The van der Waals surface area contributed by atoms with E-state index in [1.54, 1.807) is 26.8 Å². The SMILES string of the molecule is COC(=O)c1ccc(C)c(NS(=O)(=O)c2cc([N+](=O)[O-])cc(C)c2C)c1. The molecule has 0 saturated heterocycles. The molecular formula is C17H18N2O6S. The maximum atomic E-state index is 12.8. The second kappa shape index (κ2) is 7.12. The summed E-state index contributed by atoms with van der Waals surface area (Å²) in [6.45, 7) is 4.85. The van der Waals surface area contributed by atoms with Gasteiger partial charge in [0.25, 0.3) is 15.7 Å². The number of carbonyl (C=O) groups is 1. The number of benzene rings is 2. The van der Waals surface area contributed by atoms with Crippen LogP contribution >= 0.6 is 0 Å². The molecule has 2 rings (SSSR count). The zero-order valence-electron chi connectivity index (χ0n) is 14.7. The molecule has 0 bridgehead atoms. The van der Waals surface area contributed by atoms with Gasteiger partial charge in [0.1, 0.15) is 0 Å². The minimum atomic E-state index is -4.10. The summed E-state index contributed by atoms with van der Waals surface area (Å²) in [7, 11) is -2.88. The summed E-state index contributed by atoms with van der Waals surface area (Å²) >= 11 is 0.